The first-order valence-electron chi connectivity index (χ1n) is 8.18. The topological polar surface area (TPSA) is 46.6 Å². The molecular weight excluding hydrogens is 357 g/mol. The van der Waals surface area contributed by atoms with Crippen molar-refractivity contribution in [3.63, 3.8) is 0 Å². The highest BCUT2D eigenvalue weighted by molar-refractivity contribution is 6.44. The number of amides is 2. The molecule has 2 aromatic carbocycles. The lowest BCUT2D eigenvalue weighted by atomic mass is 9.88. The van der Waals surface area contributed by atoms with Crippen LogP contribution < -0.4 is 4.90 Å². The summed E-state index contributed by atoms with van der Waals surface area (Å²) < 4.78 is 19.3. The highest BCUT2D eigenvalue weighted by Crippen LogP contribution is 2.50. The van der Waals surface area contributed by atoms with Crippen LogP contribution in [-0.4, -0.2) is 17.6 Å². The van der Waals surface area contributed by atoms with Gasteiger partial charge in [0.1, 0.15) is 11.4 Å². The Hall–Kier alpha value is -2.40. The van der Waals surface area contributed by atoms with Crippen molar-refractivity contribution in [2.75, 3.05) is 4.90 Å². The number of benzene rings is 2. The number of nitrogens with zero attached hydrogens (tertiary/aromatic N) is 1. The molecule has 1 aliphatic heterocycles. The molecule has 1 heterocycles. The van der Waals surface area contributed by atoms with Crippen molar-refractivity contribution in [1.29, 1.82) is 0 Å². The third kappa shape index (κ3) is 2.86. The van der Waals surface area contributed by atoms with Crippen LogP contribution in [0.25, 0.3) is 0 Å². The molecule has 1 unspecified atom stereocenters. The molecule has 1 aliphatic rings. The Kier molecular flexibility index (Phi) is 4.31. The number of fused-ring (bicyclic) bond motifs is 1. The van der Waals surface area contributed by atoms with Gasteiger partial charge in [0, 0.05) is 5.56 Å². The van der Waals surface area contributed by atoms with Crippen LogP contribution in [0, 0.1) is 12.7 Å². The molecule has 0 bridgehead atoms. The maximum atomic E-state index is 13.9. The van der Waals surface area contributed by atoms with E-state index in [-0.39, 0.29) is 11.3 Å². The lowest BCUT2D eigenvalue weighted by Crippen LogP contribution is -2.43. The molecule has 0 saturated carbocycles. The van der Waals surface area contributed by atoms with Gasteiger partial charge in [0.15, 0.2) is 4.87 Å². The van der Waals surface area contributed by atoms with Crippen LogP contribution in [0.5, 0.6) is 0 Å². The van der Waals surface area contributed by atoms with Crippen LogP contribution in [0.3, 0.4) is 0 Å². The molecule has 4 nitrogen and oxygen atoms in total. The van der Waals surface area contributed by atoms with Crippen LogP contribution in [0.2, 0.25) is 0 Å². The fourth-order valence-corrected chi connectivity index (χ4v) is 3.51. The summed E-state index contributed by atoms with van der Waals surface area (Å²) in [6, 6.07) is 10.8. The van der Waals surface area contributed by atoms with E-state index < -0.39 is 28.3 Å². The van der Waals surface area contributed by atoms with Gasteiger partial charge in [-0.3, -0.25) is 4.79 Å². The zero-order chi connectivity index (χ0) is 19.3. The number of halogens is 2. The molecule has 1 atom stereocenters. The quantitative estimate of drug-likeness (QED) is 0.666. The van der Waals surface area contributed by atoms with Gasteiger partial charge in [-0.1, -0.05) is 35.9 Å². The number of alkyl halides is 1. The van der Waals surface area contributed by atoms with Crippen LogP contribution in [-0.2, 0) is 14.4 Å². The maximum Gasteiger partial charge on any atom is 0.421 e. The number of carbonyl (C=O) groups excluding carboxylic acids is 2. The second-order valence-corrected chi connectivity index (χ2v) is 7.82. The van der Waals surface area contributed by atoms with Gasteiger partial charge in [-0.2, -0.15) is 0 Å². The van der Waals surface area contributed by atoms with E-state index in [0.717, 1.165) is 10.5 Å². The van der Waals surface area contributed by atoms with Crippen LogP contribution in [0.1, 0.15) is 37.5 Å². The van der Waals surface area contributed by atoms with Crippen LogP contribution in [0.15, 0.2) is 42.5 Å². The normalized spacial score (nSPS) is 19.5. The zero-order valence-electron chi connectivity index (χ0n) is 15.0. The predicted molar refractivity (Wildman–Crippen MR) is 97.9 cm³/mol. The smallest absolute Gasteiger partial charge is 0.421 e. The number of rotatable bonds is 1. The first-order valence-corrected chi connectivity index (χ1v) is 8.56. The van der Waals surface area contributed by atoms with Crippen LogP contribution in [0.4, 0.5) is 14.9 Å². The number of ether oxygens (including phenoxy) is 1. The summed E-state index contributed by atoms with van der Waals surface area (Å²) in [5.41, 5.74) is 0.924. The largest absolute Gasteiger partial charge is 0.443 e. The van der Waals surface area contributed by atoms with E-state index >= 15 is 0 Å². The summed E-state index contributed by atoms with van der Waals surface area (Å²) in [7, 11) is 0. The summed E-state index contributed by atoms with van der Waals surface area (Å²) in [5, 5.41) is 0. The van der Waals surface area contributed by atoms with Crippen molar-refractivity contribution in [2.45, 2.75) is 38.2 Å². The average Bonchev–Trinajstić information content (AvgIpc) is 2.75. The van der Waals surface area contributed by atoms with E-state index in [0.29, 0.717) is 5.56 Å². The molecule has 3 rings (SSSR count). The predicted octanol–water partition coefficient (Wildman–Crippen LogP) is 4.90. The summed E-state index contributed by atoms with van der Waals surface area (Å²) >= 11 is 6.80. The molecule has 0 fully saturated rings. The van der Waals surface area contributed by atoms with Crippen molar-refractivity contribution >= 4 is 29.3 Å². The Morgan fingerprint density at radius 3 is 2.42 bits per heavy atom. The second-order valence-electron chi connectivity index (χ2n) is 7.26. The van der Waals surface area contributed by atoms with E-state index in [1.165, 1.54) is 18.2 Å². The van der Waals surface area contributed by atoms with Crippen LogP contribution >= 0.6 is 11.6 Å². The van der Waals surface area contributed by atoms with E-state index in [2.05, 4.69) is 0 Å². The van der Waals surface area contributed by atoms with Crippen molar-refractivity contribution < 1.29 is 18.7 Å². The fraction of sp³-hybridized carbons (Fsp3) is 0.300. The molecule has 2 amide bonds. The van der Waals surface area contributed by atoms with Crippen molar-refractivity contribution in [2.24, 2.45) is 0 Å². The molecule has 0 N–H and O–H groups in total. The lowest BCUT2D eigenvalue weighted by Gasteiger charge is -2.26. The molecule has 6 heteroatoms. The summed E-state index contributed by atoms with van der Waals surface area (Å²) in [4.78, 5) is 25.1. The highest BCUT2D eigenvalue weighted by atomic mass is 35.5. The number of hydrogen-bond acceptors (Lipinski definition) is 3. The van der Waals surface area contributed by atoms with E-state index in [1.54, 1.807) is 32.9 Å². The van der Waals surface area contributed by atoms with Gasteiger partial charge in [-0.15, -0.1) is 0 Å². The second kappa shape index (κ2) is 6.09. The standard InChI is InChI=1S/C20H19ClFNO3/c1-12-7-5-6-8-14(12)20(21)15-11-13(22)9-10-16(15)23(17(20)24)18(25)26-19(2,3)4/h5-11H,1-4H3. The molecule has 2 aromatic rings. The minimum absolute atomic E-state index is 0.226. The molecule has 136 valence electrons. The number of imide groups is 1. The maximum absolute atomic E-state index is 13.9. The number of carbonyl (C=O) groups is 2. The molecule has 0 aliphatic carbocycles. The Morgan fingerprint density at radius 1 is 1.15 bits per heavy atom. The summed E-state index contributed by atoms with van der Waals surface area (Å²) in [6.45, 7) is 6.91. The summed E-state index contributed by atoms with van der Waals surface area (Å²) in [5.74, 6) is -1.22. The van der Waals surface area contributed by atoms with Crippen molar-refractivity contribution in [3.8, 4) is 0 Å². The monoisotopic (exact) mass is 375 g/mol. The third-order valence-electron chi connectivity index (χ3n) is 4.16. The number of hydrogen-bond donors (Lipinski definition) is 0. The highest BCUT2D eigenvalue weighted by Gasteiger charge is 2.54. The van der Waals surface area contributed by atoms with Gasteiger partial charge in [0.05, 0.1) is 5.69 Å². The van der Waals surface area contributed by atoms with E-state index in [1.807, 2.05) is 19.1 Å². The SMILES string of the molecule is Cc1ccccc1C1(Cl)C(=O)N(C(=O)OC(C)(C)C)c2ccc(F)cc21. The Balaban J connectivity index is 2.21. The molecule has 0 radical (unpaired) electrons. The first kappa shape index (κ1) is 18.4. The molecule has 0 aromatic heterocycles. The first-order chi connectivity index (χ1) is 12.1. The molecule has 0 saturated heterocycles. The minimum Gasteiger partial charge on any atom is -0.443 e. The fourth-order valence-electron chi connectivity index (χ4n) is 3.07. The Bertz CT molecular complexity index is 906. The van der Waals surface area contributed by atoms with Gasteiger partial charge in [0.2, 0.25) is 0 Å². The van der Waals surface area contributed by atoms with Gasteiger partial charge in [0.25, 0.3) is 5.91 Å². The van der Waals surface area contributed by atoms with Gasteiger partial charge in [-0.25, -0.2) is 14.1 Å². The average molecular weight is 376 g/mol. The zero-order valence-corrected chi connectivity index (χ0v) is 15.7. The molecular formula is C20H19ClFNO3. The third-order valence-corrected chi connectivity index (χ3v) is 4.73. The van der Waals surface area contributed by atoms with Gasteiger partial charge in [-0.05, 0) is 57.0 Å². The molecule has 0 spiro atoms. The minimum atomic E-state index is -1.69. The van der Waals surface area contributed by atoms with Crippen molar-refractivity contribution in [3.05, 3.63) is 65.0 Å². The van der Waals surface area contributed by atoms with Crippen molar-refractivity contribution in [1.82, 2.24) is 0 Å². The number of aryl methyl sites for hydroxylation is 1. The summed E-state index contributed by atoms with van der Waals surface area (Å²) in [6.07, 6.45) is -0.841. The van der Waals surface area contributed by atoms with Gasteiger partial charge >= 0.3 is 6.09 Å². The lowest BCUT2D eigenvalue weighted by molar-refractivity contribution is -0.119. The Labute approximate surface area is 156 Å². The number of anilines is 1. The van der Waals surface area contributed by atoms with E-state index in [4.69, 9.17) is 16.3 Å². The Morgan fingerprint density at radius 2 is 1.81 bits per heavy atom. The van der Waals surface area contributed by atoms with Gasteiger partial charge < -0.3 is 4.74 Å². The molecule has 26 heavy (non-hydrogen) atoms. The van der Waals surface area contributed by atoms with E-state index in [9.17, 15) is 14.0 Å².